The molecule has 2 amide bonds. The maximum atomic E-state index is 13.0. The van der Waals surface area contributed by atoms with Crippen molar-refractivity contribution in [2.24, 2.45) is 5.92 Å². The number of rotatable bonds is 5. The summed E-state index contributed by atoms with van der Waals surface area (Å²) in [4.78, 5) is 12.4. The van der Waals surface area contributed by atoms with Crippen molar-refractivity contribution in [3.63, 3.8) is 0 Å². The second kappa shape index (κ2) is 8.66. The molecule has 2 aliphatic heterocycles. The zero-order chi connectivity index (χ0) is 19.5. The van der Waals surface area contributed by atoms with Crippen molar-refractivity contribution < 1.29 is 23.4 Å². The molecule has 1 aromatic carbocycles. The molecule has 2 heterocycles. The standard InChI is InChI=1S/C21H29FN2O4/c1-13(14-5-3-2-4-6-14)23-21(25)24-17-11-26-20-18(12-27-19(17)20)28-16-9-7-15(22)8-10-16/h7-10,13-14,17-20H,2-6,11-12H2,1H3,(H2,23,24,25)/t13-,17+,18+,19-,20-/m1/s1. The van der Waals surface area contributed by atoms with Crippen molar-refractivity contribution in [3.05, 3.63) is 30.1 Å². The molecule has 154 valence electrons. The average molecular weight is 392 g/mol. The van der Waals surface area contributed by atoms with Gasteiger partial charge in [0.05, 0.1) is 19.3 Å². The van der Waals surface area contributed by atoms with Gasteiger partial charge in [0.15, 0.2) is 6.10 Å². The van der Waals surface area contributed by atoms with E-state index in [0.717, 1.165) is 0 Å². The number of carbonyl (C=O) groups excluding carboxylic acids is 1. The summed E-state index contributed by atoms with van der Waals surface area (Å²) in [7, 11) is 0. The van der Waals surface area contributed by atoms with Gasteiger partial charge in [-0.2, -0.15) is 0 Å². The van der Waals surface area contributed by atoms with Gasteiger partial charge < -0.3 is 24.8 Å². The fourth-order valence-corrected chi connectivity index (χ4v) is 4.55. The van der Waals surface area contributed by atoms with Gasteiger partial charge in [-0.25, -0.2) is 9.18 Å². The van der Waals surface area contributed by atoms with E-state index in [4.69, 9.17) is 14.2 Å². The van der Waals surface area contributed by atoms with Gasteiger partial charge in [0.2, 0.25) is 0 Å². The number of fused-ring (bicyclic) bond motifs is 1. The van der Waals surface area contributed by atoms with Crippen molar-refractivity contribution in [2.75, 3.05) is 13.2 Å². The molecule has 0 spiro atoms. The maximum Gasteiger partial charge on any atom is 0.315 e. The van der Waals surface area contributed by atoms with Crippen LogP contribution in [-0.2, 0) is 9.47 Å². The SMILES string of the molecule is C[C@@H](NC(=O)N[C@H]1CO[C@H]2[C@@H]1OC[C@@H]2Oc1ccc(F)cc1)C1CCCCC1. The van der Waals surface area contributed by atoms with Gasteiger partial charge in [-0.15, -0.1) is 0 Å². The molecule has 7 heteroatoms. The predicted octanol–water partition coefficient (Wildman–Crippen LogP) is 3.01. The summed E-state index contributed by atoms with van der Waals surface area (Å²) >= 11 is 0. The summed E-state index contributed by atoms with van der Waals surface area (Å²) in [5.41, 5.74) is 0. The Morgan fingerprint density at radius 1 is 1.11 bits per heavy atom. The molecule has 0 bridgehead atoms. The van der Waals surface area contributed by atoms with Crippen molar-refractivity contribution in [1.29, 1.82) is 0 Å². The number of nitrogens with one attached hydrogen (secondary N) is 2. The minimum atomic E-state index is -0.303. The molecule has 4 rings (SSSR count). The van der Waals surface area contributed by atoms with Crippen LogP contribution >= 0.6 is 0 Å². The van der Waals surface area contributed by atoms with Crippen molar-refractivity contribution in [3.8, 4) is 5.75 Å². The molecule has 6 nitrogen and oxygen atoms in total. The average Bonchev–Trinajstić information content (AvgIpc) is 3.28. The first-order valence-electron chi connectivity index (χ1n) is 10.3. The minimum absolute atomic E-state index is 0.164. The van der Waals surface area contributed by atoms with Crippen molar-refractivity contribution in [1.82, 2.24) is 10.6 Å². The van der Waals surface area contributed by atoms with Gasteiger partial charge in [0.1, 0.15) is 23.8 Å². The lowest BCUT2D eigenvalue weighted by molar-refractivity contribution is 0.0303. The van der Waals surface area contributed by atoms with Gasteiger partial charge in [0, 0.05) is 6.04 Å². The number of hydrogen-bond acceptors (Lipinski definition) is 4. The summed E-state index contributed by atoms with van der Waals surface area (Å²) < 4.78 is 30.6. The second-order valence-electron chi connectivity index (χ2n) is 8.12. The molecule has 0 aromatic heterocycles. The third kappa shape index (κ3) is 4.41. The molecule has 3 aliphatic rings. The fourth-order valence-electron chi connectivity index (χ4n) is 4.55. The van der Waals surface area contributed by atoms with Crippen molar-refractivity contribution >= 4 is 6.03 Å². The van der Waals surface area contributed by atoms with E-state index in [9.17, 15) is 9.18 Å². The van der Waals surface area contributed by atoms with Gasteiger partial charge in [-0.3, -0.25) is 0 Å². The Bertz CT molecular complexity index is 665. The molecule has 2 saturated heterocycles. The number of benzene rings is 1. The normalized spacial score (nSPS) is 31.2. The topological polar surface area (TPSA) is 68.8 Å². The molecule has 28 heavy (non-hydrogen) atoms. The number of ether oxygens (including phenoxy) is 3. The molecule has 0 radical (unpaired) electrons. The lowest BCUT2D eigenvalue weighted by atomic mass is 9.85. The molecular formula is C21H29FN2O4. The van der Waals surface area contributed by atoms with Crippen LogP contribution in [0.15, 0.2) is 24.3 Å². The first-order chi connectivity index (χ1) is 13.6. The summed E-state index contributed by atoms with van der Waals surface area (Å²) in [6.45, 7) is 2.86. The van der Waals surface area contributed by atoms with E-state index in [-0.39, 0.29) is 42.2 Å². The van der Waals surface area contributed by atoms with E-state index in [1.165, 1.54) is 44.2 Å². The van der Waals surface area contributed by atoms with Crippen LogP contribution in [0.1, 0.15) is 39.0 Å². The molecule has 0 unspecified atom stereocenters. The van der Waals surface area contributed by atoms with E-state index in [0.29, 0.717) is 24.9 Å². The number of amides is 2. The highest BCUT2D eigenvalue weighted by Gasteiger charge is 2.49. The van der Waals surface area contributed by atoms with Crippen LogP contribution in [0.4, 0.5) is 9.18 Å². The lowest BCUT2D eigenvalue weighted by Crippen LogP contribution is -2.51. The van der Waals surface area contributed by atoms with Crippen LogP contribution < -0.4 is 15.4 Å². The minimum Gasteiger partial charge on any atom is -0.485 e. The lowest BCUT2D eigenvalue weighted by Gasteiger charge is -2.29. The van der Waals surface area contributed by atoms with E-state index >= 15 is 0 Å². The van der Waals surface area contributed by atoms with Gasteiger partial charge in [0.25, 0.3) is 0 Å². The van der Waals surface area contributed by atoms with E-state index in [1.54, 1.807) is 12.1 Å². The van der Waals surface area contributed by atoms with E-state index in [1.807, 2.05) is 0 Å². The third-order valence-electron chi connectivity index (χ3n) is 6.14. The van der Waals surface area contributed by atoms with Crippen LogP contribution in [0.2, 0.25) is 0 Å². The summed E-state index contributed by atoms with van der Waals surface area (Å²) in [6.07, 6.45) is 5.42. The largest absolute Gasteiger partial charge is 0.485 e. The Balaban J connectivity index is 1.27. The van der Waals surface area contributed by atoms with Crippen LogP contribution in [0, 0.1) is 11.7 Å². The van der Waals surface area contributed by atoms with E-state index in [2.05, 4.69) is 17.6 Å². The smallest absolute Gasteiger partial charge is 0.315 e. The third-order valence-corrected chi connectivity index (χ3v) is 6.14. The first-order valence-corrected chi connectivity index (χ1v) is 10.3. The Morgan fingerprint density at radius 3 is 2.57 bits per heavy atom. The Hall–Kier alpha value is -1.86. The second-order valence-corrected chi connectivity index (χ2v) is 8.12. The zero-order valence-corrected chi connectivity index (χ0v) is 16.2. The van der Waals surface area contributed by atoms with Gasteiger partial charge in [-0.1, -0.05) is 19.3 Å². The van der Waals surface area contributed by atoms with Crippen LogP contribution in [-0.4, -0.2) is 49.6 Å². The molecule has 1 aromatic rings. The molecular weight excluding hydrogens is 363 g/mol. The Morgan fingerprint density at radius 2 is 1.82 bits per heavy atom. The molecule has 1 saturated carbocycles. The van der Waals surface area contributed by atoms with Crippen LogP contribution in [0.25, 0.3) is 0 Å². The van der Waals surface area contributed by atoms with Gasteiger partial charge >= 0.3 is 6.03 Å². The number of halogens is 1. The Labute approximate surface area is 165 Å². The van der Waals surface area contributed by atoms with Crippen LogP contribution in [0.3, 0.4) is 0 Å². The summed E-state index contributed by atoms with van der Waals surface area (Å²) in [6, 6.07) is 5.70. The monoisotopic (exact) mass is 392 g/mol. The van der Waals surface area contributed by atoms with Gasteiger partial charge in [-0.05, 0) is 49.9 Å². The van der Waals surface area contributed by atoms with E-state index < -0.39 is 0 Å². The molecule has 1 aliphatic carbocycles. The highest BCUT2D eigenvalue weighted by molar-refractivity contribution is 5.74. The first kappa shape index (κ1) is 19.5. The summed E-state index contributed by atoms with van der Waals surface area (Å²) in [5, 5.41) is 6.09. The molecule has 2 N–H and O–H groups in total. The fraction of sp³-hybridized carbons (Fsp3) is 0.667. The zero-order valence-electron chi connectivity index (χ0n) is 16.2. The quantitative estimate of drug-likeness (QED) is 0.808. The number of urea groups is 1. The number of carbonyl (C=O) groups is 1. The maximum absolute atomic E-state index is 13.0. The molecule has 5 atom stereocenters. The Kier molecular flexibility index (Phi) is 6.01. The van der Waals surface area contributed by atoms with Crippen LogP contribution in [0.5, 0.6) is 5.75 Å². The summed E-state index contributed by atoms with van der Waals surface area (Å²) in [5.74, 6) is 0.834. The highest BCUT2D eigenvalue weighted by atomic mass is 19.1. The molecule has 3 fully saturated rings. The highest BCUT2D eigenvalue weighted by Crippen LogP contribution is 2.30. The number of hydrogen-bond donors (Lipinski definition) is 2. The van der Waals surface area contributed by atoms with Crippen molar-refractivity contribution in [2.45, 2.75) is 69.4 Å². The predicted molar refractivity (Wildman–Crippen MR) is 102 cm³/mol.